The molecule has 0 saturated carbocycles. The molecule has 0 N–H and O–H groups in total. The summed E-state index contributed by atoms with van der Waals surface area (Å²) < 4.78 is 75.7. The molecule has 5 nitrogen and oxygen atoms in total. The van der Waals surface area contributed by atoms with Crippen LogP contribution in [-0.4, -0.2) is 16.3 Å². The van der Waals surface area contributed by atoms with Crippen LogP contribution < -0.4 is 4.74 Å². The van der Waals surface area contributed by atoms with Gasteiger partial charge in [-0.2, -0.15) is 13.2 Å². The molecule has 1 aromatic rings. The second-order valence-electron chi connectivity index (χ2n) is 2.94. The van der Waals surface area contributed by atoms with Crippen LogP contribution in [0.4, 0.5) is 32.0 Å². The number of nitro groups is 1. The third-order valence-corrected chi connectivity index (χ3v) is 2.66. The van der Waals surface area contributed by atoms with E-state index in [1.807, 2.05) is 0 Å². The van der Waals surface area contributed by atoms with E-state index in [9.17, 15) is 36.5 Å². The van der Waals surface area contributed by atoms with Gasteiger partial charge in [0.2, 0.25) is 5.88 Å². The minimum absolute atomic E-state index is 0.0616. The Morgan fingerprint density at radius 3 is 2.16 bits per heavy atom. The van der Waals surface area contributed by atoms with Crippen molar-refractivity contribution in [1.29, 1.82) is 0 Å². The van der Waals surface area contributed by atoms with Gasteiger partial charge in [0.1, 0.15) is 6.20 Å². The van der Waals surface area contributed by atoms with Crippen LogP contribution in [-0.2, 0) is 6.18 Å². The van der Waals surface area contributed by atoms with Crippen LogP contribution in [0.25, 0.3) is 0 Å². The van der Waals surface area contributed by atoms with Crippen LogP contribution in [0.2, 0.25) is 0 Å². The van der Waals surface area contributed by atoms with Gasteiger partial charge in [0.25, 0.3) is 0 Å². The Morgan fingerprint density at radius 2 is 1.79 bits per heavy atom. The highest BCUT2D eigenvalue weighted by molar-refractivity contribution is 14.1. The topological polar surface area (TPSA) is 65.3 Å². The minimum atomic E-state index is -5.26. The van der Waals surface area contributed by atoms with E-state index in [0.717, 1.165) is 22.6 Å². The van der Waals surface area contributed by atoms with E-state index in [-0.39, 0.29) is 6.20 Å². The summed E-state index contributed by atoms with van der Waals surface area (Å²) in [7, 11) is 0. The molecular formula is C7HF6IN2O3. The van der Waals surface area contributed by atoms with Crippen LogP contribution in [0.15, 0.2) is 6.20 Å². The molecule has 0 amide bonds. The zero-order valence-corrected chi connectivity index (χ0v) is 10.5. The van der Waals surface area contributed by atoms with Crippen molar-refractivity contribution < 1.29 is 36.0 Å². The van der Waals surface area contributed by atoms with Gasteiger partial charge in [-0.25, -0.2) is 4.98 Å². The van der Waals surface area contributed by atoms with E-state index >= 15 is 0 Å². The van der Waals surface area contributed by atoms with E-state index in [1.165, 1.54) is 0 Å². The lowest BCUT2D eigenvalue weighted by molar-refractivity contribution is -0.388. The molecule has 1 heterocycles. The van der Waals surface area contributed by atoms with Crippen molar-refractivity contribution >= 4 is 28.3 Å². The van der Waals surface area contributed by atoms with Crippen molar-refractivity contribution in [2.45, 2.75) is 12.5 Å². The molecule has 0 radical (unpaired) electrons. The number of hydrogen-bond donors (Lipinski definition) is 0. The van der Waals surface area contributed by atoms with E-state index in [0.29, 0.717) is 0 Å². The average Bonchev–Trinajstić information content (AvgIpc) is 2.16. The fourth-order valence-electron chi connectivity index (χ4n) is 1.05. The summed E-state index contributed by atoms with van der Waals surface area (Å²) in [5.41, 5.74) is -3.29. The molecule has 0 bridgehead atoms. The number of nitrogens with zero attached hydrogens (tertiary/aromatic N) is 2. The molecule has 0 unspecified atom stereocenters. The van der Waals surface area contributed by atoms with E-state index in [1.54, 1.807) is 0 Å². The summed E-state index contributed by atoms with van der Waals surface area (Å²) in [6.45, 7) is 0. The highest BCUT2D eigenvalue weighted by Gasteiger charge is 2.44. The first-order valence-electron chi connectivity index (χ1n) is 4.09. The average molecular weight is 402 g/mol. The fourth-order valence-corrected chi connectivity index (χ4v) is 1.88. The lowest BCUT2D eigenvalue weighted by Gasteiger charge is -2.13. The number of hydrogen-bond acceptors (Lipinski definition) is 4. The van der Waals surface area contributed by atoms with Crippen LogP contribution in [0, 0.1) is 13.7 Å². The fraction of sp³-hybridized carbons (Fsp3) is 0.286. The molecule has 0 atom stereocenters. The first-order chi connectivity index (χ1) is 8.43. The van der Waals surface area contributed by atoms with E-state index < -0.39 is 38.2 Å². The van der Waals surface area contributed by atoms with Gasteiger partial charge in [0, 0.05) is 0 Å². The Balaban J connectivity index is 3.47. The molecule has 0 aliphatic heterocycles. The lowest BCUT2D eigenvalue weighted by Crippen LogP contribution is -2.21. The number of ether oxygens (including phenoxy) is 1. The van der Waals surface area contributed by atoms with Crippen LogP contribution in [0.1, 0.15) is 5.56 Å². The molecular weight excluding hydrogens is 401 g/mol. The Bertz CT molecular complexity index is 515. The number of pyridine rings is 1. The lowest BCUT2D eigenvalue weighted by atomic mass is 10.2. The summed E-state index contributed by atoms with van der Waals surface area (Å²) >= 11 is 0.853. The molecule has 0 saturated heterocycles. The maximum atomic E-state index is 12.6. The Hall–Kier alpha value is -1.34. The number of alkyl halides is 6. The first kappa shape index (κ1) is 15.7. The van der Waals surface area contributed by atoms with Crippen molar-refractivity contribution in [3.05, 3.63) is 25.4 Å². The molecule has 0 spiro atoms. The second-order valence-corrected chi connectivity index (χ2v) is 4.02. The van der Waals surface area contributed by atoms with Gasteiger partial charge < -0.3 is 4.74 Å². The van der Waals surface area contributed by atoms with Gasteiger partial charge in [-0.1, -0.05) is 0 Å². The smallest absolute Gasteiger partial charge is 0.387 e. The molecule has 19 heavy (non-hydrogen) atoms. The number of halogens is 7. The monoisotopic (exact) mass is 402 g/mol. The largest absolute Gasteiger partial charge is 0.574 e. The minimum Gasteiger partial charge on any atom is -0.387 e. The summed E-state index contributed by atoms with van der Waals surface area (Å²) in [4.78, 5) is 11.9. The predicted molar refractivity (Wildman–Crippen MR) is 55.3 cm³/mol. The maximum absolute atomic E-state index is 12.6. The second kappa shape index (κ2) is 4.97. The van der Waals surface area contributed by atoms with Gasteiger partial charge in [0.05, 0.1) is 8.49 Å². The van der Waals surface area contributed by atoms with E-state index in [2.05, 4.69) is 9.72 Å². The highest BCUT2D eigenvalue weighted by atomic mass is 127. The predicted octanol–water partition coefficient (Wildman–Crippen LogP) is 3.51. The quantitative estimate of drug-likeness (QED) is 0.329. The first-order valence-corrected chi connectivity index (χ1v) is 5.17. The number of aromatic nitrogens is 1. The normalized spacial score (nSPS) is 12.4. The van der Waals surface area contributed by atoms with Crippen molar-refractivity contribution in [3.63, 3.8) is 0 Å². The van der Waals surface area contributed by atoms with Crippen molar-refractivity contribution in [2.75, 3.05) is 0 Å². The molecule has 0 aliphatic rings. The van der Waals surface area contributed by atoms with Gasteiger partial charge in [-0.15, -0.1) is 13.2 Å². The number of rotatable bonds is 2. The maximum Gasteiger partial charge on any atom is 0.574 e. The Labute approximate surface area is 113 Å². The molecule has 0 aromatic carbocycles. The van der Waals surface area contributed by atoms with Crippen LogP contribution in [0.3, 0.4) is 0 Å². The zero-order chi connectivity index (χ0) is 15.0. The molecule has 1 aromatic heterocycles. The molecule has 1 rings (SSSR count). The van der Waals surface area contributed by atoms with Crippen molar-refractivity contribution in [1.82, 2.24) is 4.98 Å². The third-order valence-electron chi connectivity index (χ3n) is 1.66. The summed E-state index contributed by atoms with van der Waals surface area (Å²) in [6.07, 6.45) is -10.4. The van der Waals surface area contributed by atoms with Gasteiger partial charge in [-0.05, 0) is 22.6 Å². The molecule has 0 fully saturated rings. The SMILES string of the molecule is O=[N+]([O-])c1cnc(OC(F)(F)F)c(I)c1C(F)(F)F. The van der Waals surface area contributed by atoms with Gasteiger partial charge in [-0.3, -0.25) is 10.1 Å². The molecule has 106 valence electrons. The zero-order valence-electron chi connectivity index (χ0n) is 8.34. The van der Waals surface area contributed by atoms with Gasteiger partial charge >= 0.3 is 18.2 Å². The summed E-state index contributed by atoms with van der Waals surface area (Å²) in [6, 6.07) is 0. The van der Waals surface area contributed by atoms with E-state index in [4.69, 9.17) is 0 Å². The van der Waals surface area contributed by atoms with Crippen LogP contribution in [0.5, 0.6) is 5.88 Å². The Morgan fingerprint density at radius 1 is 1.26 bits per heavy atom. The van der Waals surface area contributed by atoms with Gasteiger partial charge in [0.15, 0.2) is 5.56 Å². The Kier molecular flexibility index (Phi) is 4.11. The molecule has 12 heteroatoms. The van der Waals surface area contributed by atoms with Crippen molar-refractivity contribution in [3.8, 4) is 5.88 Å². The molecule has 0 aliphatic carbocycles. The summed E-state index contributed by atoms with van der Waals surface area (Å²) in [5, 5.41) is 10.4. The van der Waals surface area contributed by atoms with Crippen molar-refractivity contribution in [2.24, 2.45) is 0 Å². The van der Waals surface area contributed by atoms with Crippen LogP contribution >= 0.6 is 22.6 Å². The summed E-state index contributed by atoms with van der Waals surface area (Å²) in [5.74, 6) is -1.40. The highest BCUT2D eigenvalue weighted by Crippen LogP contribution is 2.42. The standard InChI is InChI=1S/C7HF6IN2O3/c8-6(9,10)3-2(16(17)18)1-15-5(4(3)14)19-7(11,12)13/h1H. The third kappa shape index (κ3) is 3.81.